The number of carbonyl (C=O) groups is 1. The quantitative estimate of drug-likeness (QED) is 0.900. The lowest BCUT2D eigenvalue weighted by atomic mass is 10.1. The maximum atomic E-state index is 12.4. The highest BCUT2D eigenvalue weighted by Gasteiger charge is 2.21. The van der Waals surface area contributed by atoms with Crippen LogP contribution in [0.1, 0.15) is 30.9 Å². The highest BCUT2D eigenvalue weighted by atomic mass is 16.2. The van der Waals surface area contributed by atoms with E-state index in [0.717, 1.165) is 37.4 Å². The summed E-state index contributed by atoms with van der Waals surface area (Å²) in [5, 5.41) is 6.42. The molecule has 0 saturated carbocycles. The average molecular weight is 316 g/mol. The molecule has 0 aromatic heterocycles. The third-order valence-electron chi connectivity index (χ3n) is 4.79. The average Bonchev–Trinajstić information content (AvgIpc) is 3.03. The first-order valence-electron chi connectivity index (χ1n) is 8.73. The number of aryl methyl sites for hydroxylation is 1. The molecule has 1 aromatic carbocycles. The standard InChI is InChI=1S/C18H28N4O/c1-14-11-16(13-21-8-3-4-9-21)5-6-17(14)20-18(23)22-10-7-19-15(2)12-22/h5-6,11,15,19H,3-4,7-10,12-13H2,1-2H3,(H,20,23). The second-order valence-corrected chi connectivity index (χ2v) is 6.86. The van der Waals surface area contributed by atoms with Gasteiger partial charge in [-0.3, -0.25) is 4.90 Å². The molecule has 126 valence electrons. The van der Waals surface area contributed by atoms with Gasteiger partial charge in [0.25, 0.3) is 0 Å². The highest BCUT2D eigenvalue weighted by Crippen LogP contribution is 2.20. The molecule has 2 saturated heterocycles. The van der Waals surface area contributed by atoms with E-state index in [4.69, 9.17) is 0 Å². The molecule has 5 heteroatoms. The zero-order valence-electron chi connectivity index (χ0n) is 14.3. The number of nitrogens with zero attached hydrogens (tertiary/aromatic N) is 2. The van der Waals surface area contributed by atoms with Gasteiger partial charge in [0.15, 0.2) is 0 Å². The monoisotopic (exact) mass is 316 g/mol. The number of nitrogens with one attached hydrogen (secondary N) is 2. The smallest absolute Gasteiger partial charge is 0.321 e. The molecule has 2 aliphatic rings. The van der Waals surface area contributed by atoms with Crippen LogP contribution in [0, 0.1) is 6.92 Å². The van der Waals surface area contributed by atoms with Crippen LogP contribution in [0.25, 0.3) is 0 Å². The molecule has 3 rings (SSSR count). The largest absolute Gasteiger partial charge is 0.322 e. The molecule has 0 bridgehead atoms. The first kappa shape index (κ1) is 16.3. The van der Waals surface area contributed by atoms with E-state index in [1.807, 2.05) is 11.0 Å². The minimum Gasteiger partial charge on any atom is -0.322 e. The van der Waals surface area contributed by atoms with Gasteiger partial charge >= 0.3 is 6.03 Å². The Bertz CT molecular complexity index is 554. The Balaban J connectivity index is 1.60. The van der Waals surface area contributed by atoms with E-state index in [-0.39, 0.29) is 6.03 Å². The van der Waals surface area contributed by atoms with Gasteiger partial charge in [-0.2, -0.15) is 0 Å². The highest BCUT2D eigenvalue weighted by molar-refractivity contribution is 5.90. The second kappa shape index (κ2) is 7.32. The second-order valence-electron chi connectivity index (χ2n) is 6.86. The van der Waals surface area contributed by atoms with Crippen LogP contribution in [0.2, 0.25) is 0 Å². The number of likely N-dealkylation sites (tertiary alicyclic amines) is 1. The summed E-state index contributed by atoms with van der Waals surface area (Å²) in [6.45, 7) is 10.0. The molecule has 2 heterocycles. The summed E-state index contributed by atoms with van der Waals surface area (Å²) >= 11 is 0. The molecular formula is C18H28N4O. The van der Waals surface area contributed by atoms with Gasteiger partial charge in [-0.1, -0.05) is 12.1 Å². The number of urea groups is 1. The van der Waals surface area contributed by atoms with Gasteiger partial charge in [-0.15, -0.1) is 0 Å². The fourth-order valence-electron chi connectivity index (χ4n) is 3.47. The summed E-state index contributed by atoms with van der Waals surface area (Å²) in [5.74, 6) is 0. The molecular weight excluding hydrogens is 288 g/mol. The molecule has 0 radical (unpaired) electrons. The van der Waals surface area contributed by atoms with Crippen molar-refractivity contribution in [1.29, 1.82) is 0 Å². The van der Waals surface area contributed by atoms with Crippen LogP contribution in [0.5, 0.6) is 0 Å². The Kier molecular flexibility index (Phi) is 5.18. The summed E-state index contributed by atoms with van der Waals surface area (Å²) in [4.78, 5) is 16.8. The van der Waals surface area contributed by atoms with E-state index in [2.05, 4.69) is 41.5 Å². The van der Waals surface area contributed by atoms with Crippen LogP contribution in [0.15, 0.2) is 18.2 Å². The molecule has 1 unspecified atom stereocenters. The SMILES string of the molecule is Cc1cc(CN2CCCC2)ccc1NC(=O)N1CCNC(C)C1. The topological polar surface area (TPSA) is 47.6 Å². The van der Waals surface area contributed by atoms with Crippen molar-refractivity contribution < 1.29 is 4.79 Å². The first-order valence-corrected chi connectivity index (χ1v) is 8.73. The molecule has 5 nitrogen and oxygen atoms in total. The van der Waals surface area contributed by atoms with Gasteiger partial charge in [-0.05, 0) is 57.0 Å². The lowest BCUT2D eigenvalue weighted by Gasteiger charge is -2.32. The van der Waals surface area contributed by atoms with Gasteiger partial charge < -0.3 is 15.5 Å². The lowest BCUT2D eigenvalue weighted by Crippen LogP contribution is -2.52. The molecule has 2 aliphatic heterocycles. The Labute approximate surface area is 139 Å². The van der Waals surface area contributed by atoms with Crippen LogP contribution in [-0.4, -0.2) is 54.6 Å². The van der Waals surface area contributed by atoms with Crippen LogP contribution >= 0.6 is 0 Å². The van der Waals surface area contributed by atoms with Gasteiger partial charge in [0.2, 0.25) is 0 Å². The predicted octanol–water partition coefficient (Wildman–Crippen LogP) is 2.42. The van der Waals surface area contributed by atoms with Crippen molar-refractivity contribution in [3.05, 3.63) is 29.3 Å². The molecule has 0 spiro atoms. The molecule has 2 N–H and O–H groups in total. The summed E-state index contributed by atoms with van der Waals surface area (Å²) in [6.07, 6.45) is 2.63. The Morgan fingerprint density at radius 1 is 1.30 bits per heavy atom. The van der Waals surface area contributed by atoms with Crippen molar-refractivity contribution in [3.8, 4) is 0 Å². The minimum atomic E-state index is 0.00810. The van der Waals surface area contributed by atoms with Crippen LogP contribution < -0.4 is 10.6 Å². The third kappa shape index (κ3) is 4.24. The number of hydrogen-bond donors (Lipinski definition) is 2. The number of amides is 2. The number of anilines is 1. The normalized spacial score (nSPS) is 22.3. The van der Waals surface area contributed by atoms with Gasteiger partial charge in [0.05, 0.1) is 0 Å². The maximum Gasteiger partial charge on any atom is 0.321 e. The number of rotatable bonds is 3. The zero-order valence-corrected chi connectivity index (χ0v) is 14.3. The summed E-state index contributed by atoms with van der Waals surface area (Å²) < 4.78 is 0. The lowest BCUT2D eigenvalue weighted by molar-refractivity contribution is 0.192. The van der Waals surface area contributed by atoms with Crippen LogP contribution in [0.3, 0.4) is 0 Å². The predicted molar refractivity (Wildman–Crippen MR) is 93.7 cm³/mol. The van der Waals surface area contributed by atoms with Crippen LogP contribution in [0.4, 0.5) is 10.5 Å². The van der Waals surface area contributed by atoms with E-state index in [9.17, 15) is 4.79 Å². The molecule has 1 atom stereocenters. The van der Waals surface area contributed by atoms with E-state index in [1.54, 1.807) is 0 Å². The molecule has 0 aliphatic carbocycles. The molecule has 23 heavy (non-hydrogen) atoms. The van der Waals surface area contributed by atoms with Crippen molar-refractivity contribution in [2.45, 2.75) is 39.3 Å². The number of hydrogen-bond acceptors (Lipinski definition) is 3. The van der Waals surface area contributed by atoms with E-state index in [0.29, 0.717) is 6.04 Å². The van der Waals surface area contributed by atoms with Crippen molar-refractivity contribution >= 4 is 11.7 Å². The minimum absolute atomic E-state index is 0.00810. The number of benzene rings is 1. The zero-order chi connectivity index (χ0) is 16.2. The maximum absolute atomic E-state index is 12.4. The Morgan fingerprint density at radius 3 is 2.78 bits per heavy atom. The first-order chi connectivity index (χ1) is 11.1. The van der Waals surface area contributed by atoms with E-state index in [1.165, 1.54) is 31.5 Å². The van der Waals surface area contributed by atoms with Crippen molar-refractivity contribution in [3.63, 3.8) is 0 Å². The van der Waals surface area contributed by atoms with Gasteiger partial charge in [-0.25, -0.2) is 4.79 Å². The van der Waals surface area contributed by atoms with Crippen LogP contribution in [-0.2, 0) is 6.54 Å². The Morgan fingerprint density at radius 2 is 2.09 bits per heavy atom. The number of carbonyl (C=O) groups excluding carboxylic acids is 1. The molecule has 2 amide bonds. The van der Waals surface area contributed by atoms with Crippen molar-refractivity contribution in [2.75, 3.05) is 38.0 Å². The molecule has 1 aromatic rings. The van der Waals surface area contributed by atoms with E-state index >= 15 is 0 Å². The third-order valence-corrected chi connectivity index (χ3v) is 4.79. The fourth-order valence-corrected chi connectivity index (χ4v) is 3.47. The van der Waals surface area contributed by atoms with Gasteiger partial charge in [0, 0.05) is 37.9 Å². The number of piperazine rings is 1. The Hall–Kier alpha value is -1.59. The fraction of sp³-hybridized carbons (Fsp3) is 0.611. The van der Waals surface area contributed by atoms with E-state index < -0.39 is 0 Å². The molecule has 2 fully saturated rings. The van der Waals surface area contributed by atoms with Crippen molar-refractivity contribution in [2.24, 2.45) is 0 Å². The van der Waals surface area contributed by atoms with Gasteiger partial charge in [0.1, 0.15) is 0 Å². The summed E-state index contributed by atoms with van der Waals surface area (Å²) in [7, 11) is 0. The van der Waals surface area contributed by atoms with Crippen molar-refractivity contribution in [1.82, 2.24) is 15.1 Å². The summed E-state index contributed by atoms with van der Waals surface area (Å²) in [6, 6.07) is 6.76. The summed E-state index contributed by atoms with van der Waals surface area (Å²) in [5.41, 5.74) is 3.39.